The Labute approximate surface area is 116 Å². The fraction of sp³-hybridized carbons (Fsp3) is 0.0769. The van der Waals surface area contributed by atoms with Gasteiger partial charge in [0.05, 0.1) is 0 Å². The maximum atomic E-state index is 9.26. The maximum Gasteiger partial charge on any atom is 0.489 e. The van der Waals surface area contributed by atoms with Gasteiger partial charge in [0.15, 0.2) is 0 Å². The minimum atomic E-state index is -1.44. The highest BCUT2D eigenvalue weighted by atomic mass is 35.5. The van der Waals surface area contributed by atoms with Crippen molar-refractivity contribution in [3.8, 4) is 11.1 Å². The molecule has 2 aromatic rings. The molecule has 0 amide bonds. The molecule has 0 spiro atoms. The first kappa shape index (κ1) is 13.5. The van der Waals surface area contributed by atoms with Gasteiger partial charge in [0.1, 0.15) is 0 Å². The second-order valence-electron chi connectivity index (χ2n) is 3.84. The molecule has 0 radical (unpaired) electrons. The first-order valence-electron chi connectivity index (χ1n) is 5.42. The molecule has 0 aliphatic carbocycles. The molecule has 18 heavy (non-hydrogen) atoms. The zero-order valence-electron chi connectivity index (χ0n) is 9.80. The van der Waals surface area contributed by atoms with Crippen LogP contribution >= 0.6 is 23.4 Å². The summed E-state index contributed by atoms with van der Waals surface area (Å²) in [6, 6.07) is 13.1. The fourth-order valence-corrected chi connectivity index (χ4v) is 2.53. The van der Waals surface area contributed by atoms with Crippen LogP contribution < -0.4 is 5.46 Å². The molecular formula is C13H12BClO2S. The molecule has 2 N–H and O–H groups in total. The molecule has 2 nitrogen and oxygen atoms in total. The monoisotopic (exact) mass is 278 g/mol. The Morgan fingerprint density at radius 3 is 2.17 bits per heavy atom. The van der Waals surface area contributed by atoms with E-state index < -0.39 is 7.12 Å². The molecule has 0 saturated heterocycles. The number of thioether (sulfide) groups is 1. The Bertz CT molecular complexity index is 543. The van der Waals surface area contributed by atoms with Crippen LogP contribution in [0.25, 0.3) is 11.1 Å². The summed E-state index contributed by atoms with van der Waals surface area (Å²) in [5.74, 6) is 0. The summed E-state index contributed by atoms with van der Waals surface area (Å²) < 4.78 is 0. The zero-order valence-corrected chi connectivity index (χ0v) is 11.4. The summed E-state index contributed by atoms with van der Waals surface area (Å²) in [7, 11) is -1.44. The van der Waals surface area contributed by atoms with Gasteiger partial charge in [-0.25, -0.2) is 0 Å². The molecule has 2 rings (SSSR count). The van der Waals surface area contributed by atoms with E-state index in [0.29, 0.717) is 10.5 Å². The van der Waals surface area contributed by atoms with Crippen LogP contribution in [0.4, 0.5) is 0 Å². The number of hydrogen-bond acceptors (Lipinski definition) is 3. The summed E-state index contributed by atoms with van der Waals surface area (Å²) in [5, 5.41) is 19.2. The fourth-order valence-electron chi connectivity index (χ4n) is 1.75. The molecule has 92 valence electrons. The molecule has 0 aliphatic heterocycles. The lowest BCUT2D eigenvalue weighted by molar-refractivity contribution is 0.425. The summed E-state index contributed by atoms with van der Waals surface area (Å²) >= 11 is 7.34. The van der Waals surface area contributed by atoms with Crippen molar-refractivity contribution in [2.45, 2.75) is 4.90 Å². The molecule has 2 aromatic carbocycles. The van der Waals surface area contributed by atoms with Crippen molar-refractivity contribution < 1.29 is 10.0 Å². The van der Waals surface area contributed by atoms with Crippen molar-refractivity contribution in [2.24, 2.45) is 0 Å². The average molecular weight is 279 g/mol. The Balaban J connectivity index is 2.44. The zero-order chi connectivity index (χ0) is 13.1. The number of halogens is 1. The lowest BCUT2D eigenvalue weighted by atomic mass is 9.79. The van der Waals surface area contributed by atoms with Crippen LogP contribution in [0.1, 0.15) is 0 Å². The van der Waals surface area contributed by atoms with Crippen LogP contribution in [0.5, 0.6) is 0 Å². The largest absolute Gasteiger partial charge is 0.489 e. The van der Waals surface area contributed by atoms with Gasteiger partial charge in [0, 0.05) is 9.92 Å². The number of benzene rings is 2. The van der Waals surface area contributed by atoms with E-state index in [-0.39, 0.29) is 0 Å². The number of rotatable bonds is 3. The summed E-state index contributed by atoms with van der Waals surface area (Å²) in [6.07, 6.45) is 1.91. The van der Waals surface area contributed by atoms with E-state index in [1.165, 1.54) is 11.8 Å². The van der Waals surface area contributed by atoms with Gasteiger partial charge in [0.2, 0.25) is 0 Å². The van der Waals surface area contributed by atoms with E-state index in [1.807, 2.05) is 42.7 Å². The molecule has 0 aliphatic rings. The minimum Gasteiger partial charge on any atom is -0.423 e. The third kappa shape index (κ3) is 2.90. The number of hydrogen-bond donors (Lipinski definition) is 2. The summed E-state index contributed by atoms with van der Waals surface area (Å²) in [5.41, 5.74) is 2.61. The van der Waals surface area contributed by atoms with E-state index in [4.69, 9.17) is 11.6 Å². The molecule has 5 heteroatoms. The topological polar surface area (TPSA) is 40.5 Å². The van der Waals surface area contributed by atoms with Crippen molar-refractivity contribution in [3.63, 3.8) is 0 Å². The molecule has 0 fully saturated rings. The molecule has 0 heterocycles. The third-order valence-corrected chi connectivity index (χ3v) is 3.73. The molecule has 0 bridgehead atoms. The molecule has 0 saturated carbocycles. The minimum absolute atomic E-state index is 0.528. The van der Waals surface area contributed by atoms with E-state index in [2.05, 4.69) is 0 Å². The highest BCUT2D eigenvalue weighted by Gasteiger charge is 2.16. The molecule has 0 unspecified atom stereocenters. The van der Waals surface area contributed by atoms with Gasteiger partial charge in [-0.3, -0.25) is 0 Å². The van der Waals surface area contributed by atoms with Crippen LogP contribution in [-0.2, 0) is 0 Å². The quantitative estimate of drug-likeness (QED) is 0.669. The van der Waals surface area contributed by atoms with Crippen LogP contribution in [0.2, 0.25) is 5.02 Å². The second-order valence-corrected chi connectivity index (χ2v) is 5.12. The van der Waals surface area contributed by atoms with Crippen molar-refractivity contribution in [1.82, 2.24) is 0 Å². The first-order valence-corrected chi connectivity index (χ1v) is 7.02. The van der Waals surface area contributed by atoms with E-state index in [9.17, 15) is 10.0 Å². The summed E-state index contributed by atoms with van der Waals surface area (Å²) in [6.45, 7) is 0. The first-order chi connectivity index (χ1) is 8.61. The van der Waals surface area contributed by atoms with Crippen molar-refractivity contribution in [2.75, 3.05) is 6.26 Å². The Hall–Kier alpha value is -0.935. The average Bonchev–Trinajstić information content (AvgIpc) is 2.38. The maximum absolute atomic E-state index is 9.26. The van der Waals surface area contributed by atoms with Crippen molar-refractivity contribution >= 4 is 35.9 Å². The van der Waals surface area contributed by atoms with Gasteiger partial charge in [-0.1, -0.05) is 35.9 Å². The summed E-state index contributed by atoms with van der Waals surface area (Å²) in [4.78, 5) is 0.859. The van der Waals surface area contributed by atoms with Crippen LogP contribution in [-0.4, -0.2) is 23.4 Å². The van der Waals surface area contributed by atoms with Gasteiger partial charge in [-0.15, -0.1) is 11.8 Å². The SMILES string of the molecule is CSc1cc(-c2ccc(Cl)cc2)ccc1B(O)O. The standard InChI is InChI=1S/C13H12BClO2S/c1-18-13-8-10(4-7-12(13)14(16)17)9-2-5-11(15)6-3-9/h2-8,16-17H,1H3. The lowest BCUT2D eigenvalue weighted by Crippen LogP contribution is -2.31. The van der Waals surface area contributed by atoms with Crippen LogP contribution in [0.15, 0.2) is 47.4 Å². The van der Waals surface area contributed by atoms with E-state index in [1.54, 1.807) is 6.07 Å². The highest BCUT2D eigenvalue weighted by Crippen LogP contribution is 2.24. The van der Waals surface area contributed by atoms with Gasteiger partial charge in [-0.2, -0.15) is 0 Å². The second kappa shape index (κ2) is 5.80. The van der Waals surface area contributed by atoms with Crippen LogP contribution in [0, 0.1) is 0 Å². The van der Waals surface area contributed by atoms with Crippen molar-refractivity contribution in [3.05, 3.63) is 47.5 Å². The van der Waals surface area contributed by atoms with Gasteiger partial charge >= 0.3 is 7.12 Å². The third-order valence-electron chi connectivity index (χ3n) is 2.69. The normalized spacial score (nSPS) is 10.4. The van der Waals surface area contributed by atoms with Crippen LogP contribution in [0.3, 0.4) is 0 Å². The smallest absolute Gasteiger partial charge is 0.423 e. The van der Waals surface area contributed by atoms with E-state index in [0.717, 1.165) is 16.0 Å². The Morgan fingerprint density at radius 1 is 1.00 bits per heavy atom. The lowest BCUT2D eigenvalue weighted by Gasteiger charge is -2.09. The predicted molar refractivity (Wildman–Crippen MR) is 78.5 cm³/mol. The van der Waals surface area contributed by atoms with E-state index >= 15 is 0 Å². The Morgan fingerprint density at radius 2 is 1.61 bits per heavy atom. The Kier molecular flexibility index (Phi) is 4.35. The molecule has 0 atom stereocenters. The van der Waals surface area contributed by atoms with Crippen molar-refractivity contribution in [1.29, 1.82) is 0 Å². The molecule has 0 aromatic heterocycles. The van der Waals surface area contributed by atoms with Gasteiger partial charge in [-0.05, 0) is 41.0 Å². The van der Waals surface area contributed by atoms with Gasteiger partial charge in [0.25, 0.3) is 0 Å². The highest BCUT2D eigenvalue weighted by molar-refractivity contribution is 7.98. The van der Waals surface area contributed by atoms with Gasteiger partial charge < -0.3 is 10.0 Å². The predicted octanol–water partition coefficient (Wildman–Crippen LogP) is 2.41. The molecular weight excluding hydrogens is 266 g/mol.